The van der Waals surface area contributed by atoms with Crippen LogP contribution in [-0.4, -0.2) is 49.6 Å². The van der Waals surface area contributed by atoms with Crippen LogP contribution in [0.4, 0.5) is 5.69 Å². The molecule has 1 aliphatic carbocycles. The number of likely N-dealkylation sites (tertiary alicyclic amines) is 1. The first-order chi connectivity index (χ1) is 12.3. The van der Waals surface area contributed by atoms with Gasteiger partial charge in [0.15, 0.2) is 0 Å². The molecule has 0 spiro atoms. The summed E-state index contributed by atoms with van der Waals surface area (Å²) < 4.78 is 0. The molecule has 1 saturated carbocycles. The van der Waals surface area contributed by atoms with Gasteiger partial charge in [-0.05, 0) is 68.8 Å². The van der Waals surface area contributed by atoms with Gasteiger partial charge in [-0.3, -0.25) is 4.79 Å². The van der Waals surface area contributed by atoms with E-state index in [0.717, 1.165) is 31.2 Å². The van der Waals surface area contributed by atoms with Crippen LogP contribution in [0.15, 0.2) is 24.3 Å². The Bertz CT molecular complexity index is 573. The van der Waals surface area contributed by atoms with E-state index in [4.69, 9.17) is 0 Å². The van der Waals surface area contributed by atoms with Crippen molar-refractivity contribution >= 4 is 11.6 Å². The molecule has 1 N–H and O–H groups in total. The molecule has 4 rings (SSSR count). The van der Waals surface area contributed by atoms with Crippen molar-refractivity contribution in [3.63, 3.8) is 0 Å². The van der Waals surface area contributed by atoms with Crippen molar-refractivity contribution < 1.29 is 4.79 Å². The Morgan fingerprint density at radius 2 is 1.68 bits per heavy atom. The minimum absolute atomic E-state index is 0.0762. The molecule has 1 aromatic carbocycles. The number of hydrogen-bond donors (Lipinski definition) is 1. The molecule has 0 aromatic heterocycles. The fourth-order valence-electron chi connectivity index (χ4n) is 4.77. The normalized spacial score (nSPS) is 25.0. The third-order valence-electron chi connectivity index (χ3n) is 6.31. The molecule has 0 unspecified atom stereocenters. The Hall–Kier alpha value is -1.55. The van der Waals surface area contributed by atoms with E-state index in [0.29, 0.717) is 5.92 Å². The van der Waals surface area contributed by atoms with Gasteiger partial charge in [0, 0.05) is 43.5 Å². The first-order valence-electron chi connectivity index (χ1n) is 10.2. The van der Waals surface area contributed by atoms with Crippen LogP contribution in [0.2, 0.25) is 0 Å². The van der Waals surface area contributed by atoms with E-state index in [1.165, 1.54) is 63.7 Å². The van der Waals surface area contributed by atoms with E-state index in [9.17, 15) is 4.79 Å². The quantitative estimate of drug-likeness (QED) is 0.893. The first kappa shape index (κ1) is 16.9. The van der Waals surface area contributed by atoms with Crippen LogP contribution in [0.3, 0.4) is 0 Å². The molecule has 3 aliphatic rings. The zero-order valence-electron chi connectivity index (χ0n) is 15.3. The molecule has 2 heterocycles. The molecular formula is C21H31N3O. The lowest BCUT2D eigenvalue weighted by atomic mass is 10.1. The number of anilines is 1. The standard InChI is InChI=1S/C21H31N3O/c25-21(18-7-9-20(10-8-18)23-12-3-4-13-23)22-15-17-11-14-24(16-17)19-5-1-2-6-19/h7-10,17,19H,1-6,11-16H2,(H,22,25)/t17-/m1/s1. The maximum Gasteiger partial charge on any atom is 0.251 e. The van der Waals surface area contributed by atoms with Crippen LogP contribution in [0.25, 0.3) is 0 Å². The minimum atomic E-state index is 0.0762. The monoisotopic (exact) mass is 341 g/mol. The lowest BCUT2D eigenvalue weighted by molar-refractivity contribution is 0.0947. The molecular weight excluding hydrogens is 310 g/mol. The van der Waals surface area contributed by atoms with Crippen LogP contribution in [0.1, 0.15) is 55.3 Å². The Morgan fingerprint density at radius 1 is 0.960 bits per heavy atom. The van der Waals surface area contributed by atoms with Gasteiger partial charge in [0.2, 0.25) is 0 Å². The molecule has 1 aromatic rings. The molecule has 25 heavy (non-hydrogen) atoms. The lowest BCUT2D eigenvalue weighted by Gasteiger charge is -2.23. The van der Waals surface area contributed by atoms with Crippen LogP contribution in [0.5, 0.6) is 0 Å². The Kier molecular flexibility index (Phi) is 5.25. The average Bonchev–Trinajstić information content (AvgIpc) is 3.42. The zero-order chi connectivity index (χ0) is 17.1. The Balaban J connectivity index is 1.24. The summed E-state index contributed by atoms with van der Waals surface area (Å²) in [5, 5.41) is 3.16. The molecule has 3 fully saturated rings. The fourth-order valence-corrected chi connectivity index (χ4v) is 4.77. The number of amides is 1. The van der Waals surface area contributed by atoms with Gasteiger partial charge >= 0.3 is 0 Å². The second-order valence-corrected chi connectivity index (χ2v) is 8.04. The maximum absolute atomic E-state index is 12.4. The second-order valence-electron chi connectivity index (χ2n) is 8.04. The highest BCUT2D eigenvalue weighted by atomic mass is 16.1. The van der Waals surface area contributed by atoms with Gasteiger partial charge in [-0.1, -0.05) is 12.8 Å². The van der Waals surface area contributed by atoms with Crippen LogP contribution < -0.4 is 10.2 Å². The minimum Gasteiger partial charge on any atom is -0.372 e. The molecule has 136 valence electrons. The van der Waals surface area contributed by atoms with Gasteiger partial charge in [0.05, 0.1) is 0 Å². The summed E-state index contributed by atoms with van der Waals surface area (Å²) in [6, 6.07) is 8.96. The molecule has 1 amide bonds. The van der Waals surface area contributed by atoms with E-state index in [1.54, 1.807) is 0 Å². The van der Waals surface area contributed by atoms with Gasteiger partial charge < -0.3 is 15.1 Å². The summed E-state index contributed by atoms with van der Waals surface area (Å²) in [5.41, 5.74) is 2.03. The molecule has 4 nitrogen and oxygen atoms in total. The van der Waals surface area contributed by atoms with Crippen molar-refractivity contribution in [2.45, 2.75) is 51.0 Å². The molecule has 4 heteroatoms. The van der Waals surface area contributed by atoms with Gasteiger partial charge in [0.1, 0.15) is 0 Å². The summed E-state index contributed by atoms with van der Waals surface area (Å²) in [4.78, 5) is 17.5. The third kappa shape index (κ3) is 4.00. The topological polar surface area (TPSA) is 35.6 Å². The van der Waals surface area contributed by atoms with Gasteiger partial charge in [-0.15, -0.1) is 0 Å². The number of nitrogens with one attached hydrogen (secondary N) is 1. The fraction of sp³-hybridized carbons (Fsp3) is 0.667. The third-order valence-corrected chi connectivity index (χ3v) is 6.31. The van der Waals surface area contributed by atoms with E-state index < -0.39 is 0 Å². The van der Waals surface area contributed by atoms with Crippen LogP contribution in [-0.2, 0) is 0 Å². The number of nitrogens with zero attached hydrogens (tertiary/aromatic N) is 2. The van der Waals surface area contributed by atoms with Crippen molar-refractivity contribution in [2.75, 3.05) is 37.6 Å². The van der Waals surface area contributed by atoms with Crippen LogP contribution in [0, 0.1) is 5.92 Å². The van der Waals surface area contributed by atoms with Crippen LogP contribution >= 0.6 is 0 Å². The molecule has 2 aliphatic heterocycles. The molecule has 0 radical (unpaired) electrons. The van der Waals surface area contributed by atoms with Gasteiger partial charge in [-0.25, -0.2) is 0 Å². The largest absolute Gasteiger partial charge is 0.372 e. The summed E-state index contributed by atoms with van der Waals surface area (Å²) in [5.74, 6) is 0.695. The number of benzene rings is 1. The lowest BCUT2D eigenvalue weighted by Crippen LogP contribution is -2.34. The SMILES string of the molecule is O=C(NC[C@H]1CCN(C2CCCC2)C1)c1ccc(N2CCCC2)cc1. The van der Waals surface area contributed by atoms with Crippen molar-refractivity contribution in [2.24, 2.45) is 5.92 Å². The predicted molar refractivity (Wildman–Crippen MR) is 102 cm³/mol. The molecule has 1 atom stereocenters. The zero-order valence-corrected chi connectivity index (χ0v) is 15.3. The number of carbonyl (C=O) groups is 1. The van der Waals surface area contributed by atoms with Crippen molar-refractivity contribution in [3.8, 4) is 0 Å². The van der Waals surface area contributed by atoms with E-state index >= 15 is 0 Å². The second kappa shape index (κ2) is 7.77. The molecule has 0 bridgehead atoms. The highest BCUT2D eigenvalue weighted by molar-refractivity contribution is 5.94. The highest BCUT2D eigenvalue weighted by Crippen LogP contribution is 2.28. The summed E-state index contributed by atoms with van der Waals surface area (Å²) >= 11 is 0. The number of hydrogen-bond acceptors (Lipinski definition) is 3. The van der Waals surface area contributed by atoms with E-state index in [2.05, 4.69) is 27.2 Å². The Labute approximate surface area is 151 Å². The summed E-state index contributed by atoms with van der Waals surface area (Å²) in [6.45, 7) is 5.49. The summed E-state index contributed by atoms with van der Waals surface area (Å²) in [6.07, 6.45) is 9.34. The average molecular weight is 341 g/mol. The first-order valence-corrected chi connectivity index (χ1v) is 10.2. The van der Waals surface area contributed by atoms with E-state index in [1.807, 2.05) is 12.1 Å². The number of carbonyl (C=O) groups excluding carboxylic acids is 1. The highest BCUT2D eigenvalue weighted by Gasteiger charge is 2.29. The Morgan fingerprint density at radius 3 is 2.40 bits per heavy atom. The number of rotatable bonds is 5. The van der Waals surface area contributed by atoms with Crippen molar-refractivity contribution in [1.29, 1.82) is 0 Å². The van der Waals surface area contributed by atoms with Crippen molar-refractivity contribution in [3.05, 3.63) is 29.8 Å². The van der Waals surface area contributed by atoms with Gasteiger partial charge in [-0.2, -0.15) is 0 Å². The van der Waals surface area contributed by atoms with Gasteiger partial charge in [0.25, 0.3) is 5.91 Å². The van der Waals surface area contributed by atoms with E-state index in [-0.39, 0.29) is 5.91 Å². The maximum atomic E-state index is 12.4. The molecule has 2 saturated heterocycles. The van der Waals surface area contributed by atoms with Crippen molar-refractivity contribution in [1.82, 2.24) is 10.2 Å². The summed E-state index contributed by atoms with van der Waals surface area (Å²) in [7, 11) is 0. The predicted octanol–water partition coefficient (Wildman–Crippen LogP) is 3.28. The smallest absolute Gasteiger partial charge is 0.251 e.